The van der Waals surface area contributed by atoms with E-state index in [0.717, 1.165) is 30.7 Å². The summed E-state index contributed by atoms with van der Waals surface area (Å²) < 4.78 is 63.3. The van der Waals surface area contributed by atoms with Gasteiger partial charge in [0.05, 0.1) is 37.2 Å². The fourth-order valence-electron chi connectivity index (χ4n) is 4.99. The van der Waals surface area contributed by atoms with Crippen molar-refractivity contribution in [1.82, 2.24) is 29.2 Å². The van der Waals surface area contributed by atoms with Gasteiger partial charge in [-0.1, -0.05) is 11.3 Å². The molecule has 15 heteroatoms. The summed E-state index contributed by atoms with van der Waals surface area (Å²) in [5, 5.41) is 17.1. The van der Waals surface area contributed by atoms with Crippen molar-refractivity contribution in [3.8, 4) is 10.7 Å². The van der Waals surface area contributed by atoms with E-state index in [2.05, 4.69) is 24.8 Å². The fourth-order valence-corrected chi connectivity index (χ4v) is 7.17. The van der Waals surface area contributed by atoms with Crippen LogP contribution in [0.1, 0.15) is 31.2 Å². The Morgan fingerprint density at radius 1 is 1.30 bits per heavy atom. The molecule has 2 aliphatic heterocycles. The largest absolute Gasteiger partial charge is 0.394 e. The highest BCUT2D eigenvalue weighted by atomic mass is 32.2. The molecule has 6 rings (SSSR count). The second-order valence-electron chi connectivity index (χ2n) is 9.95. The van der Waals surface area contributed by atoms with Crippen molar-refractivity contribution in [2.45, 2.75) is 48.8 Å². The standard InChI is InChI=1S/C22H27F2N7O4S2/c1-22(2-3-22)28-37(33,34)13-8-14(30-5-4-29-6-7-35-17(12-32)16(29)11-30)19-25-9-15(31(19)10-13)20-26-27-21(36-20)18(23)24/h8-10,16-18,28,32H,2-7,11-12H2,1H3/t16-,17+/m1/s1. The number of piperazine rings is 1. The molecule has 0 unspecified atom stereocenters. The van der Waals surface area contributed by atoms with Gasteiger partial charge >= 0.3 is 0 Å². The number of morpholine rings is 1. The molecule has 37 heavy (non-hydrogen) atoms. The summed E-state index contributed by atoms with van der Waals surface area (Å²) >= 11 is 0.744. The maximum Gasteiger partial charge on any atom is 0.291 e. The number of nitrogens with zero attached hydrogens (tertiary/aromatic N) is 6. The number of rotatable bonds is 7. The lowest BCUT2D eigenvalue weighted by Gasteiger charge is -2.47. The van der Waals surface area contributed by atoms with Gasteiger partial charge in [0.1, 0.15) is 10.6 Å². The van der Waals surface area contributed by atoms with E-state index in [-0.39, 0.29) is 28.7 Å². The Labute approximate surface area is 216 Å². The van der Waals surface area contributed by atoms with E-state index in [1.807, 2.05) is 11.8 Å². The van der Waals surface area contributed by atoms with Gasteiger partial charge in [-0.15, -0.1) is 10.2 Å². The molecule has 1 aliphatic carbocycles. The number of imidazole rings is 1. The maximum atomic E-state index is 13.4. The zero-order valence-corrected chi connectivity index (χ0v) is 21.7. The van der Waals surface area contributed by atoms with Crippen molar-refractivity contribution in [3.63, 3.8) is 0 Å². The van der Waals surface area contributed by atoms with Crippen molar-refractivity contribution in [2.75, 3.05) is 44.3 Å². The first kappa shape index (κ1) is 25.0. The summed E-state index contributed by atoms with van der Waals surface area (Å²) in [5.74, 6) is 0. The maximum absolute atomic E-state index is 13.4. The van der Waals surface area contributed by atoms with Crippen LogP contribution < -0.4 is 9.62 Å². The van der Waals surface area contributed by atoms with Crippen LogP contribution in [0.3, 0.4) is 0 Å². The predicted molar refractivity (Wildman–Crippen MR) is 131 cm³/mol. The van der Waals surface area contributed by atoms with Crippen LogP contribution in [0.15, 0.2) is 23.4 Å². The predicted octanol–water partition coefficient (Wildman–Crippen LogP) is 1.50. The number of aliphatic hydroxyl groups is 1. The van der Waals surface area contributed by atoms with Gasteiger partial charge in [0, 0.05) is 37.9 Å². The Hall–Kier alpha value is -2.30. The zero-order chi connectivity index (χ0) is 25.9. The molecule has 3 fully saturated rings. The number of hydrogen-bond donors (Lipinski definition) is 2. The highest BCUT2D eigenvalue weighted by Crippen LogP contribution is 2.38. The summed E-state index contributed by atoms with van der Waals surface area (Å²) in [7, 11) is -3.88. The van der Waals surface area contributed by atoms with Gasteiger partial charge in [0.25, 0.3) is 6.43 Å². The molecule has 3 aromatic heterocycles. The Kier molecular flexibility index (Phi) is 6.19. The minimum atomic E-state index is -3.88. The van der Waals surface area contributed by atoms with Gasteiger partial charge in [0.2, 0.25) is 10.0 Å². The van der Waals surface area contributed by atoms with Crippen LogP contribution in [0.25, 0.3) is 16.3 Å². The number of sulfonamides is 1. The van der Waals surface area contributed by atoms with Crippen molar-refractivity contribution in [3.05, 3.63) is 23.5 Å². The van der Waals surface area contributed by atoms with E-state index in [9.17, 15) is 22.3 Å². The third kappa shape index (κ3) is 4.61. The van der Waals surface area contributed by atoms with Crippen LogP contribution in [-0.4, -0.2) is 95.1 Å². The van der Waals surface area contributed by atoms with E-state index >= 15 is 0 Å². The summed E-state index contributed by atoms with van der Waals surface area (Å²) in [6, 6.07) is 1.54. The van der Waals surface area contributed by atoms with Gasteiger partial charge in [-0.2, -0.15) is 0 Å². The van der Waals surface area contributed by atoms with Crippen LogP contribution in [0.2, 0.25) is 0 Å². The number of alkyl halides is 2. The fraction of sp³-hybridized carbons (Fsp3) is 0.591. The number of aliphatic hydroxyl groups excluding tert-OH is 1. The Morgan fingerprint density at radius 2 is 2.11 bits per heavy atom. The minimum absolute atomic E-state index is 0.0435. The number of halogens is 2. The number of fused-ring (bicyclic) bond motifs is 2. The first-order valence-corrected chi connectivity index (χ1v) is 14.4. The normalized spacial score (nSPS) is 24.1. The van der Waals surface area contributed by atoms with E-state index in [1.165, 1.54) is 12.4 Å². The van der Waals surface area contributed by atoms with Crippen LogP contribution in [-0.2, 0) is 14.8 Å². The molecule has 0 radical (unpaired) electrons. The highest BCUT2D eigenvalue weighted by molar-refractivity contribution is 7.89. The molecule has 0 amide bonds. The van der Waals surface area contributed by atoms with E-state index in [4.69, 9.17) is 4.74 Å². The SMILES string of the molecule is CC1(NS(=O)(=O)c2cc(N3CCN4CCO[C@@H](CO)[C@H]4C3)c3ncc(-c4nnc(C(F)F)s4)n3c2)CC1. The molecule has 1 saturated carbocycles. The monoisotopic (exact) mass is 555 g/mol. The highest BCUT2D eigenvalue weighted by Gasteiger charge is 2.42. The van der Waals surface area contributed by atoms with Crippen molar-refractivity contribution < 1.29 is 27.0 Å². The molecule has 2 N–H and O–H groups in total. The van der Waals surface area contributed by atoms with Crippen LogP contribution in [0, 0.1) is 0 Å². The number of ether oxygens (including phenoxy) is 1. The number of nitrogens with one attached hydrogen (secondary N) is 1. The molecule has 0 spiro atoms. The summed E-state index contributed by atoms with van der Waals surface area (Å²) in [4.78, 5) is 8.91. The summed E-state index contributed by atoms with van der Waals surface area (Å²) in [6.07, 6.45) is 1.36. The van der Waals surface area contributed by atoms with Crippen molar-refractivity contribution >= 4 is 32.7 Å². The van der Waals surface area contributed by atoms with E-state index in [0.29, 0.717) is 43.3 Å². The average Bonchev–Trinajstić information content (AvgIpc) is 3.25. The first-order valence-electron chi connectivity index (χ1n) is 12.1. The molecule has 0 bridgehead atoms. The first-order chi connectivity index (χ1) is 17.7. The second kappa shape index (κ2) is 9.17. The number of hydrogen-bond acceptors (Lipinski definition) is 10. The Bertz CT molecular complexity index is 1420. The van der Waals surface area contributed by atoms with Crippen LogP contribution >= 0.6 is 11.3 Å². The molecule has 2 atom stereocenters. The molecule has 200 valence electrons. The quantitative estimate of drug-likeness (QED) is 0.446. The molecule has 11 nitrogen and oxygen atoms in total. The smallest absolute Gasteiger partial charge is 0.291 e. The minimum Gasteiger partial charge on any atom is -0.394 e. The second-order valence-corrected chi connectivity index (χ2v) is 12.6. The molecular weight excluding hydrogens is 528 g/mol. The third-order valence-corrected chi connectivity index (χ3v) is 9.85. The zero-order valence-electron chi connectivity index (χ0n) is 20.0. The topological polar surface area (TPSA) is 125 Å². The van der Waals surface area contributed by atoms with E-state index in [1.54, 1.807) is 10.5 Å². The summed E-state index contributed by atoms with van der Waals surface area (Å²) in [6.45, 7) is 4.90. The number of anilines is 1. The average molecular weight is 556 g/mol. The Morgan fingerprint density at radius 3 is 2.81 bits per heavy atom. The summed E-state index contributed by atoms with van der Waals surface area (Å²) in [5.41, 5.74) is 0.973. The lowest BCUT2D eigenvalue weighted by atomic mass is 10.0. The van der Waals surface area contributed by atoms with Gasteiger partial charge in [-0.3, -0.25) is 9.30 Å². The lowest BCUT2D eigenvalue weighted by molar-refractivity contribution is -0.0934. The molecule has 3 aromatic rings. The lowest BCUT2D eigenvalue weighted by Crippen LogP contribution is -2.62. The molecule has 5 heterocycles. The van der Waals surface area contributed by atoms with Crippen molar-refractivity contribution in [2.24, 2.45) is 0 Å². The van der Waals surface area contributed by atoms with Gasteiger partial charge in [-0.25, -0.2) is 26.9 Å². The van der Waals surface area contributed by atoms with Crippen LogP contribution in [0.5, 0.6) is 0 Å². The van der Waals surface area contributed by atoms with Gasteiger partial charge in [0.15, 0.2) is 15.7 Å². The molecule has 0 aromatic carbocycles. The van der Waals surface area contributed by atoms with Crippen LogP contribution in [0.4, 0.5) is 14.5 Å². The number of pyridine rings is 1. The third-order valence-electron chi connectivity index (χ3n) is 7.29. The molecular formula is C22H27F2N7O4S2. The van der Waals surface area contributed by atoms with Crippen molar-refractivity contribution in [1.29, 1.82) is 0 Å². The molecule has 2 saturated heterocycles. The Balaban J connectivity index is 1.45. The van der Waals surface area contributed by atoms with Gasteiger partial charge in [-0.05, 0) is 25.8 Å². The molecule has 3 aliphatic rings. The van der Waals surface area contributed by atoms with E-state index < -0.39 is 27.0 Å². The number of aromatic nitrogens is 4. The van der Waals surface area contributed by atoms with Gasteiger partial charge < -0.3 is 14.7 Å².